The van der Waals surface area contributed by atoms with Crippen molar-refractivity contribution in [3.05, 3.63) is 29.8 Å². The molecule has 4 rings (SSSR count). The van der Waals surface area contributed by atoms with E-state index >= 15 is 0 Å². The Hall–Kier alpha value is -1.02. The monoisotopic (exact) mass is 552 g/mol. The summed E-state index contributed by atoms with van der Waals surface area (Å²) in [5, 5.41) is 0. The topological polar surface area (TPSA) is 18.5 Å². The first-order chi connectivity index (χ1) is 19.4. The van der Waals surface area contributed by atoms with Gasteiger partial charge in [0.2, 0.25) is 0 Å². The standard InChI is InChI=1S/C38H64O2/c1-6-35(37(3,4)5)30-25-27-34(28-26-30)40-36(39-7-2)24-17-29-38(31-18-11-8-12-19-31,32-20-13-9-14-21-32)33-22-15-10-16-23-33/h25-28,31-33,35-36H,6-24,29H2,1-5H3. The molecule has 2 nitrogen and oxygen atoms in total. The molecule has 3 fully saturated rings. The second-order valence-corrected chi connectivity index (χ2v) is 14.9. The quantitative estimate of drug-likeness (QED) is 0.227. The summed E-state index contributed by atoms with van der Waals surface area (Å²) in [6.07, 6.45) is 26.9. The van der Waals surface area contributed by atoms with Crippen molar-refractivity contribution in [2.24, 2.45) is 28.6 Å². The summed E-state index contributed by atoms with van der Waals surface area (Å²) < 4.78 is 12.8. The Bertz CT molecular complexity index is 772. The zero-order valence-corrected chi connectivity index (χ0v) is 27.2. The molecule has 3 aliphatic carbocycles. The van der Waals surface area contributed by atoms with Gasteiger partial charge in [-0.2, -0.15) is 0 Å². The zero-order valence-electron chi connectivity index (χ0n) is 27.2. The first-order valence-corrected chi connectivity index (χ1v) is 17.8. The summed E-state index contributed by atoms with van der Waals surface area (Å²) in [5.41, 5.74) is 2.27. The highest BCUT2D eigenvalue weighted by atomic mass is 16.7. The third-order valence-electron chi connectivity index (χ3n) is 11.5. The summed E-state index contributed by atoms with van der Waals surface area (Å²) in [4.78, 5) is 0. The molecular weight excluding hydrogens is 488 g/mol. The molecule has 0 heterocycles. The largest absolute Gasteiger partial charge is 0.465 e. The van der Waals surface area contributed by atoms with Crippen molar-refractivity contribution in [3.8, 4) is 5.75 Å². The maximum atomic E-state index is 6.54. The highest BCUT2D eigenvalue weighted by molar-refractivity contribution is 5.30. The minimum Gasteiger partial charge on any atom is -0.465 e. The Morgan fingerprint density at radius 1 is 0.700 bits per heavy atom. The van der Waals surface area contributed by atoms with Gasteiger partial charge in [-0.15, -0.1) is 0 Å². The van der Waals surface area contributed by atoms with Gasteiger partial charge >= 0.3 is 0 Å². The van der Waals surface area contributed by atoms with Gasteiger partial charge in [-0.25, -0.2) is 0 Å². The highest BCUT2D eigenvalue weighted by Gasteiger charge is 2.50. The molecule has 0 saturated heterocycles. The molecule has 0 radical (unpaired) electrons. The lowest BCUT2D eigenvalue weighted by Gasteiger charge is -2.55. The van der Waals surface area contributed by atoms with Crippen LogP contribution >= 0.6 is 0 Å². The van der Waals surface area contributed by atoms with Crippen LogP contribution in [0.1, 0.15) is 168 Å². The molecule has 0 bridgehead atoms. The van der Waals surface area contributed by atoms with Gasteiger partial charge in [-0.3, -0.25) is 0 Å². The van der Waals surface area contributed by atoms with Crippen molar-refractivity contribution in [1.82, 2.24) is 0 Å². The Balaban J connectivity index is 1.47. The molecule has 3 saturated carbocycles. The van der Waals surface area contributed by atoms with Crippen LogP contribution in [0.2, 0.25) is 0 Å². The van der Waals surface area contributed by atoms with Gasteiger partial charge in [0.25, 0.3) is 0 Å². The Labute approximate surface area is 248 Å². The van der Waals surface area contributed by atoms with Gasteiger partial charge in [0.15, 0.2) is 6.29 Å². The minimum atomic E-state index is -0.137. The average molecular weight is 553 g/mol. The average Bonchev–Trinajstić information content (AvgIpc) is 2.97. The fraction of sp³-hybridized carbons (Fsp3) is 0.842. The van der Waals surface area contributed by atoms with E-state index in [4.69, 9.17) is 9.47 Å². The Morgan fingerprint density at radius 2 is 1.18 bits per heavy atom. The molecular formula is C38H64O2. The fourth-order valence-corrected chi connectivity index (χ4v) is 9.75. The highest BCUT2D eigenvalue weighted by Crippen LogP contribution is 2.59. The molecule has 2 unspecified atom stereocenters. The Kier molecular flexibility index (Phi) is 12.3. The molecule has 0 amide bonds. The molecule has 228 valence electrons. The van der Waals surface area contributed by atoms with Crippen LogP contribution in [-0.2, 0) is 4.74 Å². The summed E-state index contributed by atoms with van der Waals surface area (Å²) in [6, 6.07) is 8.95. The fourth-order valence-electron chi connectivity index (χ4n) is 9.75. The zero-order chi connectivity index (χ0) is 28.4. The molecule has 0 aromatic heterocycles. The molecule has 0 aliphatic heterocycles. The first kappa shape index (κ1) is 31.9. The van der Waals surface area contributed by atoms with Crippen molar-refractivity contribution in [2.75, 3.05) is 6.61 Å². The van der Waals surface area contributed by atoms with E-state index in [0.717, 1.165) is 36.3 Å². The lowest BCUT2D eigenvalue weighted by atomic mass is 9.50. The van der Waals surface area contributed by atoms with Crippen molar-refractivity contribution in [3.63, 3.8) is 0 Å². The van der Waals surface area contributed by atoms with Crippen LogP contribution in [0.25, 0.3) is 0 Å². The van der Waals surface area contributed by atoms with E-state index in [9.17, 15) is 0 Å². The molecule has 0 spiro atoms. The van der Waals surface area contributed by atoms with Gasteiger partial charge in [-0.1, -0.05) is 97.6 Å². The van der Waals surface area contributed by atoms with Crippen LogP contribution in [0, 0.1) is 28.6 Å². The number of rotatable bonds is 13. The summed E-state index contributed by atoms with van der Waals surface area (Å²) >= 11 is 0. The van der Waals surface area contributed by atoms with Gasteiger partial charge in [0.05, 0.1) is 0 Å². The van der Waals surface area contributed by atoms with Gasteiger partial charge in [-0.05, 0) is 117 Å². The normalized spacial score (nSPS) is 22.2. The van der Waals surface area contributed by atoms with Crippen molar-refractivity contribution >= 4 is 0 Å². The number of ether oxygens (including phenoxy) is 2. The lowest BCUT2D eigenvalue weighted by molar-refractivity contribution is -0.0918. The maximum Gasteiger partial charge on any atom is 0.199 e. The summed E-state index contributed by atoms with van der Waals surface area (Å²) in [5.74, 6) is 4.41. The number of hydrogen-bond donors (Lipinski definition) is 0. The van der Waals surface area contributed by atoms with Crippen LogP contribution in [0.15, 0.2) is 24.3 Å². The maximum absolute atomic E-state index is 6.54. The van der Waals surface area contributed by atoms with E-state index in [0.29, 0.717) is 17.9 Å². The Morgan fingerprint density at radius 3 is 1.57 bits per heavy atom. The van der Waals surface area contributed by atoms with Gasteiger partial charge < -0.3 is 9.47 Å². The van der Waals surface area contributed by atoms with Crippen LogP contribution in [0.5, 0.6) is 5.75 Å². The van der Waals surface area contributed by atoms with E-state index < -0.39 is 0 Å². The van der Waals surface area contributed by atoms with Crippen molar-refractivity contribution in [1.29, 1.82) is 0 Å². The van der Waals surface area contributed by atoms with Crippen LogP contribution < -0.4 is 4.74 Å². The molecule has 40 heavy (non-hydrogen) atoms. The SMILES string of the molecule is CCOC(CCCC(C1CCCCC1)(C1CCCCC1)C1CCCCC1)Oc1ccc(C(CC)C(C)(C)C)cc1. The molecule has 2 heteroatoms. The second-order valence-electron chi connectivity index (χ2n) is 14.9. The molecule has 1 aromatic carbocycles. The smallest absolute Gasteiger partial charge is 0.199 e. The van der Waals surface area contributed by atoms with E-state index in [1.54, 1.807) is 0 Å². The minimum absolute atomic E-state index is 0.137. The van der Waals surface area contributed by atoms with Gasteiger partial charge in [0, 0.05) is 13.0 Å². The first-order valence-electron chi connectivity index (χ1n) is 17.8. The van der Waals surface area contributed by atoms with E-state index in [1.165, 1.54) is 115 Å². The van der Waals surface area contributed by atoms with E-state index in [2.05, 4.69) is 58.9 Å². The third-order valence-corrected chi connectivity index (χ3v) is 11.5. The molecule has 2 atom stereocenters. The number of hydrogen-bond acceptors (Lipinski definition) is 2. The lowest BCUT2D eigenvalue weighted by Crippen LogP contribution is -2.47. The van der Waals surface area contributed by atoms with Crippen LogP contribution in [0.3, 0.4) is 0 Å². The van der Waals surface area contributed by atoms with E-state index in [1.807, 2.05) is 0 Å². The predicted octanol–water partition coefficient (Wildman–Crippen LogP) is 11.9. The number of benzene rings is 1. The van der Waals surface area contributed by atoms with Crippen molar-refractivity contribution < 1.29 is 9.47 Å². The predicted molar refractivity (Wildman–Crippen MR) is 171 cm³/mol. The molecule has 1 aromatic rings. The van der Waals surface area contributed by atoms with Crippen molar-refractivity contribution in [2.45, 2.75) is 169 Å². The molecule has 0 N–H and O–H groups in total. The summed E-state index contributed by atoms with van der Waals surface area (Å²) in [7, 11) is 0. The summed E-state index contributed by atoms with van der Waals surface area (Å²) in [6.45, 7) is 12.2. The van der Waals surface area contributed by atoms with Crippen LogP contribution in [0.4, 0.5) is 0 Å². The van der Waals surface area contributed by atoms with Crippen LogP contribution in [-0.4, -0.2) is 12.9 Å². The van der Waals surface area contributed by atoms with Gasteiger partial charge in [0.1, 0.15) is 5.75 Å². The van der Waals surface area contributed by atoms with E-state index in [-0.39, 0.29) is 11.7 Å². The molecule has 3 aliphatic rings. The second kappa shape index (κ2) is 15.5. The third kappa shape index (κ3) is 8.08.